The van der Waals surface area contributed by atoms with Crippen LogP contribution in [-0.4, -0.2) is 12.5 Å². The van der Waals surface area contributed by atoms with Crippen LogP contribution in [0.3, 0.4) is 0 Å². The molecule has 0 aromatic heterocycles. The predicted molar refractivity (Wildman–Crippen MR) is 65.7 cm³/mol. The van der Waals surface area contributed by atoms with Gasteiger partial charge in [0, 0.05) is 12.5 Å². The average molecular weight is 213 g/mol. The minimum Gasteiger partial charge on any atom is -0.356 e. The molecule has 2 heteroatoms. The number of hydrogen-bond acceptors (Lipinski definition) is 1. The van der Waals surface area contributed by atoms with Crippen molar-refractivity contribution in [3.63, 3.8) is 0 Å². The van der Waals surface area contributed by atoms with Crippen molar-refractivity contribution < 1.29 is 4.79 Å². The van der Waals surface area contributed by atoms with Crippen LogP contribution in [0.2, 0.25) is 0 Å². The Morgan fingerprint density at radius 1 is 1.13 bits per heavy atom. The molecule has 0 radical (unpaired) electrons. The molecule has 0 saturated carbocycles. The molecule has 1 unspecified atom stereocenters. The first-order chi connectivity index (χ1) is 6.99. The van der Waals surface area contributed by atoms with Gasteiger partial charge in [-0.05, 0) is 24.7 Å². The Bertz CT molecular complexity index is 175. The third kappa shape index (κ3) is 6.53. The maximum Gasteiger partial charge on any atom is 0.223 e. The zero-order valence-electron chi connectivity index (χ0n) is 11.0. The van der Waals surface area contributed by atoms with Crippen LogP contribution in [-0.2, 0) is 4.79 Å². The summed E-state index contributed by atoms with van der Waals surface area (Å²) in [4.78, 5) is 11.8. The largest absolute Gasteiger partial charge is 0.356 e. The van der Waals surface area contributed by atoms with Gasteiger partial charge in [-0.15, -0.1) is 0 Å². The molecule has 0 aliphatic carbocycles. The summed E-state index contributed by atoms with van der Waals surface area (Å²) in [5, 5.41) is 3.04. The molecule has 90 valence electrons. The number of carbonyl (C=O) groups is 1. The Morgan fingerprint density at radius 2 is 1.73 bits per heavy atom. The normalized spacial score (nSPS) is 13.3. The molecule has 2 nitrogen and oxygen atoms in total. The molecule has 0 aliphatic heterocycles. The molecule has 1 N–H and O–H groups in total. The van der Waals surface area contributed by atoms with Gasteiger partial charge in [-0.1, -0.05) is 41.0 Å². The lowest BCUT2D eigenvalue weighted by molar-refractivity contribution is -0.126. The highest BCUT2D eigenvalue weighted by molar-refractivity contribution is 5.78. The zero-order chi connectivity index (χ0) is 11.8. The maximum atomic E-state index is 11.8. The zero-order valence-corrected chi connectivity index (χ0v) is 11.0. The predicted octanol–water partition coefficient (Wildman–Crippen LogP) is 3.22. The number of amides is 1. The third-order valence-electron chi connectivity index (χ3n) is 2.76. The van der Waals surface area contributed by atoms with Gasteiger partial charge in [-0.2, -0.15) is 0 Å². The van der Waals surface area contributed by atoms with E-state index in [0.29, 0.717) is 11.8 Å². The van der Waals surface area contributed by atoms with E-state index in [4.69, 9.17) is 0 Å². The van der Waals surface area contributed by atoms with Crippen molar-refractivity contribution >= 4 is 5.91 Å². The van der Waals surface area contributed by atoms with E-state index in [2.05, 4.69) is 39.9 Å². The highest BCUT2D eigenvalue weighted by Gasteiger charge is 2.20. The molecular formula is C13H27NO. The summed E-state index contributed by atoms with van der Waals surface area (Å²) in [5.74, 6) is 1.55. The van der Waals surface area contributed by atoms with Gasteiger partial charge >= 0.3 is 0 Å². The van der Waals surface area contributed by atoms with E-state index in [9.17, 15) is 4.79 Å². The van der Waals surface area contributed by atoms with Gasteiger partial charge in [-0.3, -0.25) is 4.79 Å². The molecule has 0 rings (SSSR count). The van der Waals surface area contributed by atoms with Crippen LogP contribution in [0.4, 0.5) is 0 Å². The fraction of sp³-hybridized carbons (Fsp3) is 0.923. The molecule has 0 aliphatic rings. The highest BCUT2D eigenvalue weighted by Crippen LogP contribution is 2.17. The van der Waals surface area contributed by atoms with E-state index in [1.54, 1.807) is 0 Å². The fourth-order valence-electron chi connectivity index (χ4n) is 1.69. The van der Waals surface area contributed by atoms with Crippen LogP contribution >= 0.6 is 0 Å². The fourth-order valence-corrected chi connectivity index (χ4v) is 1.69. The molecule has 1 atom stereocenters. The second-order valence-electron chi connectivity index (χ2n) is 5.11. The smallest absolute Gasteiger partial charge is 0.223 e. The molecule has 0 heterocycles. The van der Waals surface area contributed by atoms with Crippen molar-refractivity contribution in [3.05, 3.63) is 0 Å². The molecule has 15 heavy (non-hydrogen) atoms. The summed E-state index contributed by atoms with van der Waals surface area (Å²) in [6, 6.07) is 0. The Balaban J connectivity index is 3.92. The van der Waals surface area contributed by atoms with E-state index in [1.165, 1.54) is 0 Å². The Morgan fingerprint density at radius 3 is 2.13 bits per heavy atom. The van der Waals surface area contributed by atoms with Crippen molar-refractivity contribution in [1.29, 1.82) is 0 Å². The molecule has 0 aromatic rings. The monoisotopic (exact) mass is 213 g/mol. The number of hydrogen-bond donors (Lipinski definition) is 1. The van der Waals surface area contributed by atoms with Crippen LogP contribution in [0.25, 0.3) is 0 Å². The third-order valence-corrected chi connectivity index (χ3v) is 2.76. The van der Waals surface area contributed by atoms with E-state index in [0.717, 1.165) is 25.8 Å². The van der Waals surface area contributed by atoms with E-state index < -0.39 is 0 Å². The van der Waals surface area contributed by atoms with Crippen LogP contribution in [0.15, 0.2) is 0 Å². The van der Waals surface area contributed by atoms with Gasteiger partial charge in [0.25, 0.3) is 0 Å². The first-order valence-electron chi connectivity index (χ1n) is 6.26. The van der Waals surface area contributed by atoms with Gasteiger partial charge in [0.05, 0.1) is 0 Å². The van der Waals surface area contributed by atoms with E-state index in [-0.39, 0.29) is 11.8 Å². The summed E-state index contributed by atoms with van der Waals surface area (Å²) >= 11 is 0. The van der Waals surface area contributed by atoms with Crippen LogP contribution < -0.4 is 5.32 Å². The van der Waals surface area contributed by atoms with Gasteiger partial charge < -0.3 is 5.32 Å². The Labute approximate surface area is 94.8 Å². The molecule has 0 saturated heterocycles. The Hall–Kier alpha value is -0.530. The molecule has 0 bridgehead atoms. The summed E-state index contributed by atoms with van der Waals surface area (Å²) in [6.45, 7) is 11.6. The number of nitrogens with one attached hydrogen (secondary N) is 1. The second-order valence-corrected chi connectivity index (χ2v) is 5.11. The van der Waals surface area contributed by atoms with Gasteiger partial charge in [-0.25, -0.2) is 0 Å². The minimum absolute atomic E-state index is 0.196. The lowest BCUT2D eigenvalue weighted by Gasteiger charge is -2.19. The van der Waals surface area contributed by atoms with Crippen LogP contribution in [0.5, 0.6) is 0 Å². The SMILES string of the molecule is CCCC(C(=O)NCCC(C)C)C(C)C. The van der Waals surface area contributed by atoms with Crippen molar-refractivity contribution in [2.24, 2.45) is 17.8 Å². The van der Waals surface area contributed by atoms with Gasteiger partial charge in [0.2, 0.25) is 5.91 Å². The van der Waals surface area contributed by atoms with Crippen molar-refractivity contribution in [3.8, 4) is 0 Å². The number of rotatable bonds is 7. The highest BCUT2D eigenvalue weighted by atomic mass is 16.1. The minimum atomic E-state index is 0.196. The number of carbonyl (C=O) groups excluding carboxylic acids is 1. The van der Waals surface area contributed by atoms with Crippen LogP contribution in [0.1, 0.15) is 53.9 Å². The summed E-state index contributed by atoms with van der Waals surface area (Å²) in [7, 11) is 0. The summed E-state index contributed by atoms with van der Waals surface area (Å²) < 4.78 is 0. The standard InChI is InChI=1S/C13H27NO/c1-6-7-12(11(4)5)13(15)14-9-8-10(2)3/h10-12H,6-9H2,1-5H3,(H,14,15). The average Bonchev–Trinajstić information content (AvgIpc) is 2.12. The molecule has 0 aromatic carbocycles. The first-order valence-corrected chi connectivity index (χ1v) is 6.26. The first kappa shape index (κ1) is 14.5. The molecule has 1 amide bonds. The summed E-state index contributed by atoms with van der Waals surface area (Å²) in [6.07, 6.45) is 3.16. The van der Waals surface area contributed by atoms with Gasteiger partial charge in [0.15, 0.2) is 0 Å². The second kappa shape index (κ2) is 7.72. The van der Waals surface area contributed by atoms with Crippen molar-refractivity contribution in [2.75, 3.05) is 6.54 Å². The summed E-state index contributed by atoms with van der Waals surface area (Å²) in [5.41, 5.74) is 0. The van der Waals surface area contributed by atoms with Crippen molar-refractivity contribution in [2.45, 2.75) is 53.9 Å². The van der Waals surface area contributed by atoms with Gasteiger partial charge in [0.1, 0.15) is 0 Å². The maximum absolute atomic E-state index is 11.8. The molecule has 0 spiro atoms. The molecule has 0 fully saturated rings. The lowest BCUT2D eigenvalue weighted by atomic mass is 9.90. The quantitative estimate of drug-likeness (QED) is 0.691. The van der Waals surface area contributed by atoms with E-state index in [1.807, 2.05) is 0 Å². The van der Waals surface area contributed by atoms with Crippen molar-refractivity contribution in [1.82, 2.24) is 5.32 Å². The lowest BCUT2D eigenvalue weighted by Crippen LogP contribution is -2.34. The van der Waals surface area contributed by atoms with E-state index >= 15 is 0 Å². The Kier molecular flexibility index (Phi) is 7.45. The topological polar surface area (TPSA) is 29.1 Å². The molecular weight excluding hydrogens is 186 g/mol. The van der Waals surface area contributed by atoms with Crippen LogP contribution in [0, 0.1) is 17.8 Å².